The van der Waals surface area contributed by atoms with E-state index in [9.17, 15) is 4.79 Å². The van der Waals surface area contributed by atoms with E-state index in [0.29, 0.717) is 10.9 Å². The minimum Gasteiger partial charge on any atom is -0.298 e. The topological polar surface area (TPSA) is 57.1 Å². The standard InChI is InChI=1S/C23H20N4OS2/c1-14-7-9-16(10-8-14)13-30-23-25-22(28)19-17-5-3-4-6-18(17)24-21(27(19)26-23)20-15(2)11-12-29-20/h3-12,21H,13H2,1-2H3,(H,25,26,28)/t21-/m1/s1. The number of nitrogens with one attached hydrogen (secondary N) is 1. The lowest BCUT2D eigenvalue weighted by molar-refractivity contribution is -0.116. The van der Waals surface area contributed by atoms with E-state index in [2.05, 4.69) is 54.9 Å². The Morgan fingerprint density at radius 2 is 1.90 bits per heavy atom. The molecule has 0 aliphatic carbocycles. The Labute approximate surface area is 182 Å². The second-order valence-corrected chi connectivity index (χ2v) is 9.23. The number of para-hydroxylation sites is 1. The van der Waals surface area contributed by atoms with Crippen molar-refractivity contribution in [2.45, 2.75) is 25.8 Å². The Bertz CT molecular complexity index is 1280. The van der Waals surface area contributed by atoms with Gasteiger partial charge in [0.05, 0.1) is 10.2 Å². The molecular weight excluding hydrogens is 412 g/mol. The Morgan fingerprint density at radius 3 is 2.67 bits per heavy atom. The van der Waals surface area contributed by atoms with Crippen molar-refractivity contribution in [3.8, 4) is 0 Å². The molecule has 1 amide bonds. The zero-order valence-corrected chi connectivity index (χ0v) is 18.3. The van der Waals surface area contributed by atoms with Crippen molar-refractivity contribution in [1.29, 1.82) is 0 Å². The molecule has 1 N–H and O–H groups in total. The van der Waals surface area contributed by atoms with Crippen LogP contribution < -0.4 is 15.9 Å². The summed E-state index contributed by atoms with van der Waals surface area (Å²) in [4.78, 5) is 19.2. The van der Waals surface area contributed by atoms with Crippen molar-refractivity contribution in [1.82, 2.24) is 10.3 Å². The number of thiophene rings is 1. The number of rotatable bonds is 3. The SMILES string of the molecule is Cc1ccc(CSC2=NN3C(=c4ccccc4=N[C@H]3c3sccc3C)C(=O)N2)cc1. The van der Waals surface area contributed by atoms with Crippen LogP contribution in [0.4, 0.5) is 0 Å². The lowest BCUT2D eigenvalue weighted by atomic mass is 10.1. The summed E-state index contributed by atoms with van der Waals surface area (Å²) in [7, 11) is 0. The molecule has 1 atom stereocenters. The third-order valence-corrected chi connectivity index (χ3v) is 7.14. The largest absolute Gasteiger partial charge is 0.298 e. The van der Waals surface area contributed by atoms with E-state index in [0.717, 1.165) is 26.8 Å². The molecule has 0 saturated carbocycles. The van der Waals surface area contributed by atoms with Gasteiger partial charge in [0.2, 0.25) is 0 Å². The van der Waals surface area contributed by atoms with Crippen molar-refractivity contribution in [2.75, 3.05) is 0 Å². The monoisotopic (exact) mass is 432 g/mol. The van der Waals surface area contributed by atoms with E-state index in [-0.39, 0.29) is 12.1 Å². The molecule has 150 valence electrons. The van der Waals surface area contributed by atoms with Gasteiger partial charge in [0.1, 0.15) is 5.70 Å². The van der Waals surface area contributed by atoms with Crippen LogP contribution in [0.3, 0.4) is 0 Å². The first-order chi connectivity index (χ1) is 14.6. The number of fused-ring (bicyclic) bond motifs is 2. The average molecular weight is 433 g/mol. The number of carbonyl (C=O) groups excluding carboxylic acids is 1. The van der Waals surface area contributed by atoms with Gasteiger partial charge in [0.15, 0.2) is 11.3 Å². The Morgan fingerprint density at radius 1 is 1.10 bits per heavy atom. The first kappa shape index (κ1) is 19.1. The molecule has 30 heavy (non-hydrogen) atoms. The summed E-state index contributed by atoms with van der Waals surface area (Å²) in [5.74, 6) is 0.594. The molecule has 0 bridgehead atoms. The highest BCUT2D eigenvalue weighted by molar-refractivity contribution is 8.13. The normalized spacial score (nSPS) is 17.6. The minimum absolute atomic E-state index is 0.141. The molecule has 5 nitrogen and oxygen atoms in total. The number of aryl methyl sites for hydroxylation is 2. The molecule has 2 aromatic carbocycles. The Kier molecular flexibility index (Phi) is 4.92. The first-order valence-corrected chi connectivity index (χ1v) is 11.6. The maximum Gasteiger partial charge on any atom is 0.276 e. The lowest BCUT2D eigenvalue weighted by Crippen LogP contribution is -2.50. The van der Waals surface area contributed by atoms with Crippen LogP contribution in [0.2, 0.25) is 0 Å². The van der Waals surface area contributed by atoms with Gasteiger partial charge in [-0.3, -0.25) is 15.1 Å². The average Bonchev–Trinajstić information content (AvgIpc) is 3.18. The van der Waals surface area contributed by atoms with E-state index in [4.69, 9.17) is 10.1 Å². The maximum absolute atomic E-state index is 13.1. The highest BCUT2D eigenvalue weighted by Gasteiger charge is 2.35. The highest BCUT2D eigenvalue weighted by Crippen LogP contribution is 2.35. The van der Waals surface area contributed by atoms with Crippen LogP contribution in [-0.2, 0) is 10.5 Å². The van der Waals surface area contributed by atoms with Gasteiger partial charge >= 0.3 is 0 Å². The summed E-state index contributed by atoms with van der Waals surface area (Å²) in [5.41, 5.74) is 4.13. The fraction of sp³-hybridized carbons (Fsp3) is 0.174. The molecule has 1 aromatic heterocycles. The second-order valence-electron chi connectivity index (χ2n) is 7.31. The van der Waals surface area contributed by atoms with Gasteiger partial charge in [0.25, 0.3) is 5.91 Å². The number of benzene rings is 2. The predicted octanol–water partition coefficient (Wildman–Crippen LogP) is 3.44. The smallest absolute Gasteiger partial charge is 0.276 e. The molecular formula is C23H20N4OS2. The van der Waals surface area contributed by atoms with Gasteiger partial charge in [-0.1, -0.05) is 59.8 Å². The molecule has 5 rings (SSSR count). The second kappa shape index (κ2) is 7.74. The van der Waals surface area contributed by atoms with Gasteiger partial charge in [-0.2, -0.15) is 0 Å². The molecule has 3 aromatic rings. The van der Waals surface area contributed by atoms with Crippen LogP contribution in [0, 0.1) is 13.8 Å². The van der Waals surface area contributed by atoms with Crippen molar-refractivity contribution in [3.05, 3.63) is 92.1 Å². The maximum atomic E-state index is 13.1. The summed E-state index contributed by atoms with van der Waals surface area (Å²) in [6.07, 6.45) is -0.337. The number of carbonyl (C=O) groups is 1. The quantitative estimate of drug-likeness (QED) is 0.690. The fourth-order valence-corrected chi connectivity index (χ4v) is 5.30. The fourth-order valence-electron chi connectivity index (χ4n) is 3.55. The molecule has 7 heteroatoms. The molecule has 2 aliphatic rings. The van der Waals surface area contributed by atoms with E-state index < -0.39 is 0 Å². The number of amides is 1. The summed E-state index contributed by atoms with van der Waals surface area (Å²) < 4.78 is 0. The van der Waals surface area contributed by atoms with Crippen molar-refractivity contribution < 1.29 is 4.79 Å². The zero-order chi connectivity index (χ0) is 20.7. The first-order valence-electron chi connectivity index (χ1n) is 9.69. The van der Waals surface area contributed by atoms with E-state index in [1.165, 1.54) is 22.9 Å². The van der Waals surface area contributed by atoms with Crippen molar-refractivity contribution in [3.63, 3.8) is 0 Å². The summed E-state index contributed by atoms with van der Waals surface area (Å²) in [5, 5.41) is 13.9. The molecule has 2 aliphatic heterocycles. The number of hydrogen-bond donors (Lipinski definition) is 1. The van der Waals surface area contributed by atoms with Crippen LogP contribution in [0.5, 0.6) is 0 Å². The van der Waals surface area contributed by atoms with Crippen molar-refractivity contribution in [2.24, 2.45) is 10.1 Å². The molecule has 0 spiro atoms. The lowest BCUT2D eigenvalue weighted by Gasteiger charge is -2.33. The van der Waals surface area contributed by atoms with E-state index in [1.54, 1.807) is 16.3 Å². The van der Waals surface area contributed by atoms with Crippen LogP contribution in [-0.4, -0.2) is 16.1 Å². The summed E-state index contributed by atoms with van der Waals surface area (Å²) in [6, 6.07) is 18.2. The van der Waals surface area contributed by atoms with Crippen molar-refractivity contribution >= 4 is 39.9 Å². The third kappa shape index (κ3) is 3.44. The number of amidine groups is 1. The molecule has 0 fully saturated rings. The van der Waals surface area contributed by atoms with Crippen LogP contribution in [0.1, 0.15) is 27.7 Å². The van der Waals surface area contributed by atoms with Gasteiger partial charge < -0.3 is 0 Å². The van der Waals surface area contributed by atoms with Crippen LogP contribution >= 0.6 is 23.1 Å². The van der Waals surface area contributed by atoms with Gasteiger partial charge in [-0.15, -0.1) is 16.4 Å². The van der Waals surface area contributed by atoms with E-state index in [1.807, 2.05) is 24.3 Å². The molecule has 0 radical (unpaired) electrons. The number of hydrazone groups is 1. The highest BCUT2D eigenvalue weighted by atomic mass is 32.2. The number of thioether (sulfide) groups is 1. The predicted molar refractivity (Wildman–Crippen MR) is 122 cm³/mol. The van der Waals surface area contributed by atoms with Gasteiger partial charge in [-0.05, 0) is 42.5 Å². The third-order valence-electron chi connectivity index (χ3n) is 5.15. The Balaban J connectivity index is 1.55. The van der Waals surface area contributed by atoms with Gasteiger partial charge in [-0.25, -0.2) is 5.01 Å². The van der Waals surface area contributed by atoms with Crippen LogP contribution in [0.25, 0.3) is 5.70 Å². The summed E-state index contributed by atoms with van der Waals surface area (Å²) in [6.45, 7) is 4.15. The summed E-state index contributed by atoms with van der Waals surface area (Å²) >= 11 is 3.17. The van der Waals surface area contributed by atoms with Gasteiger partial charge in [0, 0.05) is 11.0 Å². The Hall–Kier alpha value is -2.90. The van der Waals surface area contributed by atoms with E-state index >= 15 is 0 Å². The minimum atomic E-state index is -0.337. The van der Waals surface area contributed by atoms with Crippen LogP contribution in [0.15, 0.2) is 70.1 Å². The zero-order valence-electron chi connectivity index (χ0n) is 16.6. The molecule has 0 unspecified atom stereocenters. The number of nitrogens with zero attached hydrogens (tertiary/aromatic N) is 3. The number of hydrogen-bond acceptors (Lipinski definition) is 6. The molecule has 0 saturated heterocycles. The molecule has 3 heterocycles.